The Morgan fingerprint density at radius 3 is 2.33 bits per heavy atom. The monoisotopic (exact) mass is 215 g/mol. The Labute approximate surface area is 88.5 Å². The zero-order valence-corrected chi connectivity index (χ0v) is 8.61. The maximum Gasteiger partial charge on any atom is 0.328 e. The number of nitrogens with one attached hydrogen (secondary N) is 1. The molecule has 1 aliphatic rings. The average Bonchev–Trinajstić information content (AvgIpc) is 2.26. The van der Waals surface area contributed by atoms with E-state index in [0.29, 0.717) is 0 Å². The Balaban J connectivity index is 2.42. The number of aliphatic carboxylic acids is 1. The summed E-state index contributed by atoms with van der Waals surface area (Å²) in [4.78, 5) is 22.2. The first-order valence-electron chi connectivity index (χ1n) is 5.29. The summed E-state index contributed by atoms with van der Waals surface area (Å²) in [6.45, 7) is -0.562. The Kier molecular flexibility index (Phi) is 4.55. The van der Waals surface area contributed by atoms with Crippen molar-refractivity contribution in [3.63, 3.8) is 0 Å². The highest BCUT2D eigenvalue weighted by Crippen LogP contribution is 2.23. The van der Waals surface area contributed by atoms with E-state index >= 15 is 0 Å². The fraction of sp³-hybridized carbons (Fsp3) is 0.800. The topological polar surface area (TPSA) is 86.6 Å². The van der Waals surface area contributed by atoms with Gasteiger partial charge in [0.1, 0.15) is 6.04 Å². The SMILES string of the molecule is O=C(N[C@@H](CO)C(=O)O)C1CCCCC1. The van der Waals surface area contributed by atoms with Gasteiger partial charge >= 0.3 is 5.97 Å². The van der Waals surface area contributed by atoms with Gasteiger partial charge in [-0.15, -0.1) is 0 Å². The second-order valence-corrected chi connectivity index (χ2v) is 3.92. The van der Waals surface area contributed by atoms with Gasteiger partial charge in [0.2, 0.25) is 5.91 Å². The number of hydrogen-bond donors (Lipinski definition) is 3. The highest BCUT2D eigenvalue weighted by molar-refractivity contribution is 5.85. The lowest BCUT2D eigenvalue weighted by atomic mass is 9.88. The summed E-state index contributed by atoms with van der Waals surface area (Å²) in [5.41, 5.74) is 0. The lowest BCUT2D eigenvalue weighted by Crippen LogP contribution is -2.46. The Hall–Kier alpha value is -1.10. The van der Waals surface area contributed by atoms with Crippen molar-refractivity contribution in [2.24, 2.45) is 5.92 Å². The third-order valence-corrected chi connectivity index (χ3v) is 2.77. The number of rotatable bonds is 4. The van der Waals surface area contributed by atoms with Crippen molar-refractivity contribution >= 4 is 11.9 Å². The minimum absolute atomic E-state index is 0.0767. The van der Waals surface area contributed by atoms with E-state index in [1.165, 1.54) is 0 Å². The van der Waals surface area contributed by atoms with Crippen LogP contribution >= 0.6 is 0 Å². The summed E-state index contributed by atoms with van der Waals surface area (Å²) in [6.07, 6.45) is 4.84. The molecule has 1 aliphatic carbocycles. The highest BCUT2D eigenvalue weighted by atomic mass is 16.4. The molecule has 1 fully saturated rings. The normalized spacial score (nSPS) is 19.5. The summed E-state index contributed by atoms with van der Waals surface area (Å²) < 4.78 is 0. The van der Waals surface area contributed by atoms with Crippen LogP contribution in [0.4, 0.5) is 0 Å². The number of carbonyl (C=O) groups is 2. The van der Waals surface area contributed by atoms with Crippen LogP contribution in [0.2, 0.25) is 0 Å². The van der Waals surface area contributed by atoms with Gasteiger partial charge in [0.05, 0.1) is 6.61 Å². The minimum atomic E-state index is -1.19. The van der Waals surface area contributed by atoms with E-state index in [9.17, 15) is 9.59 Å². The average molecular weight is 215 g/mol. The van der Waals surface area contributed by atoms with Gasteiger partial charge in [0.25, 0.3) is 0 Å². The summed E-state index contributed by atoms with van der Waals surface area (Å²) in [5, 5.41) is 19.7. The smallest absolute Gasteiger partial charge is 0.328 e. The van der Waals surface area contributed by atoms with Crippen molar-refractivity contribution in [3.8, 4) is 0 Å². The van der Waals surface area contributed by atoms with E-state index in [-0.39, 0.29) is 11.8 Å². The van der Waals surface area contributed by atoms with Crippen molar-refractivity contribution in [1.82, 2.24) is 5.32 Å². The van der Waals surface area contributed by atoms with E-state index in [1.54, 1.807) is 0 Å². The maximum atomic E-state index is 11.6. The number of aliphatic hydroxyl groups is 1. The van der Waals surface area contributed by atoms with Gasteiger partial charge in [-0.2, -0.15) is 0 Å². The number of amides is 1. The molecule has 0 aromatic rings. The second-order valence-electron chi connectivity index (χ2n) is 3.92. The molecule has 0 unspecified atom stereocenters. The molecule has 86 valence electrons. The highest BCUT2D eigenvalue weighted by Gasteiger charge is 2.25. The summed E-state index contributed by atoms with van der Waals surface area (Å²) in [5.74, 6) is -1.51. The van der Waals surface area contributed by atoms with Gasteiger partial charge in [-0.1, -0.05) is 19.3 Å². The van der Waals surface area contributed by atoms with Gasteiger partial charge in [0.15, 0.2) is 0 Å². The first-order chi connectivity index (χ1) is 7.15. The van der Waals surface area contributed by atoms with Crippen molar-refractivity contribution in [2.45, 2.75) is 38.1 Å². The standard InChI is InChI=1S/C10H17NO4/c12-6-8(10(14)15)11-9(13)7-4-2-1-3-5-7/h7-8,12H,1-6H2,(H,11,13)(H,14,15)/t8-/m0/s1. The predicted octanol–water partition coefficient (Wildman–Crippen LogP) is 0.128. The molecule has 1 saturated carbocycles. The molecule has 0 aromatic heterocycles. The van der Waals surface area contributed by atoms with E-state index in [4.69, 9.17) is 10.2 Å². The van der Waals surface area contributed by atoms with Gasteiger partial charge in [-0.25, -0.2) is 4.79 Å². The third-order valence-electron chi connectivity index (χ3n) is 2.77. The molecule has 15 heavy (non-hydrogen) atoms. The van der Waals surface area contributed by atoms with Gasteiger partial charge < -0.3 is 15.5 Å². The molecular formula is C10H17NO4. The van der Waals surface area contributed by atoms with Crippen molar-refractivity contribution in [1.29, 1.82) is 0 Å². The van der Waals surface area contributed by atoms with E-state index in [0.717, 1.165) is 32.1 Å². The fourth-order valence-corrected chi connectivity index (χ4v) is 1.84. The van der Waals surface area contributed by atoms with Crippen LogP contribution < -0.4 is 5.32 Å². The van der Waals surface area contributed by atoms with Crippen molar-refractivity contribution in [3.05, 3.63) is 0 Å². The van der Waals surface area contributed by atoms with Crippen LogP contribution in [0.3, 0.4) is 0 Å². The van der Waals surface area contributed by atoms with Gasteiger partial charge in [-0.3, -0.25) is 4.79 Å². The molecule has 3 N–H and O–H groups in total. The number of carboxylic acid groups (broad SMARTS) is 1. The van der Waals surface area contributed by atoms with Crippen LogP contribution in [-0.4, -0.2) is 34.7 Å². The Morgan fingerprint density at radius 2 is 1.87 bits per heavy atom. The van der Waals surface area contributed by atoms with Crippen LogP contribution in [0.1, 0.15) is 32.1 Å². The molecule has 0 spiro atoms. The lowest BCUT2D eigenvalue weighted by Gasteiger charge is -2.22. The molecule has 1 atom stereocenters. The zero-order chi connectivity index (χ0) is 11.3. The number of aliphatic hydroxyl groups excluding tert-OH is 1. The predicted molar refractivity (Wildman–Crippen MR) is 53.2 cm³/mol. The Morgan fingerprint density at radius 1 is 1.27 bits per heavy atom. The lowest BCUT2D eigenvalue weighted by molar-refractivity contribution is -0.143. The van der Waals surface area contributed by atoms with E-state index in [2.05, 4.69) is 5.32 Å². The number of carbonyl (C=O) groups excluding carboxylic acids is 1. The second kappa shape index (κ2) is 5.70. The minimum Gasteiger partial charge on any atom is -0.480 e. The van der Waals surface area contributed by atoms with E-state index < -0.39 is 18.6 Å². The molecule has 0 bridgehead atoms. The van der Waals surface area contributed by atoms with Crippen LogP contribution in [0, 0.1) is 5.92 Å². The van der Waals surface area contributed by atoms with Gasteiger partial charge in [0, 0.05) is 5.92 Å². The first kappa shape index (κ1) is 12.0. The molecule has 0 saturated heterocycles. The molecule has 1 amide bonds. The molecule has 0 radical (unpaired) electrons. The molecule has 1 rings (SSSR count). The molecular weight excluding hydrogens is 198 g/mol. The van der Waals surface area contributed by atoms with Gasteiger partial charge in [-0.05, 0) is 12.8 Å². The van der Waals surface area contributed by atoms with Crippen LogP contribution in [0.5, 0.6) is 0 Å². The molecule has 0 heterocycles. The van der Waals surface area contributed by atoms with Crippen molar-refractivity contribution < 1.29 is 19.8 Å². The summed E-state index contributed by atoms with van der Waals surface area (Å²) in [7, 11) is 0. The van der Waals surface area contributed by atoms with E-state index in [1.807, 2.05) is 0 Å². The quantitative estimate of drug-likeness (QED) is 0.622. The molecule has 0 aliphatic heterocycles. The molecule has 0 aromatic carbocycles. The fourth-order valence-electron chi connectivity index (χ4n) is 1.84. The summed E-state index contributed by atoms with van der Waals surface area (Å²) in [6, 6.07) is -1.17. The molecule has 5 heteroatoms. The first-order valence-corrected chi connectivity index (χ1v) is 5.29. The van der Waals surface area contributed by atoms with Crippen LogP contribution in [-0.2, 0) is 9.59 Å². The third kappa shape index (κ3) is 3.51. The van der Waals surface area contributed by atoms with Crippen LogP contribution in [0.15, 0.2) is 0 Å². The van der Waals surface area contributed by atoms with Crippen LogP contribution in [0.25, 0.3) is 0 Å². The zero-order valence-electron chi connectivity index (χ0n) is 8.61. The van der Waals surface area contributed by atoms with Crippen molar-refractivity contribution in [2.75, 3.05) is 6.61 Å². The molecule has 5 nitrogen and oxygen atoms in total. The largest absolute Gasteiger partial charge is 0.480 e. The summed E-state index contributed by atoms with van der Waals surface area (Å²) >= 11 is 0. The number of hydrogen-bond acceptors (Lipinski definition) is 3. The Bertz CT molecular complexity index is 236. The maximum absolute atomic E-state index is 11.6. The number of carboxylic acids is 1.